The molecule has 0 saturated heterocycles. The monoisotopic (exact) mass is 357 g/mol. The van der Waals surface area contributed by atoms with Crippen LogP contribution in [0.25, 0.3) is 0 Å². The van der Waals surface area contributed by atoms with Crippen molar-refractivity contribution < 1.29 is 22.7 Å². The summed E-state index contributed by atoms with van der Waals surface area (Å²) in [4.78, 5) is 26.1. The summed E-state index contributed by atoms with van der Waals surface area (Å²) in [5, 5.41) is 0. The van der Waals surface area contributed by atoms with Gasteiger partial charge in [0.1, 0.15) is 10.6 Å². The van der Waals surface area contributed by atoms with Gasteiger partial charge >= 0.3 is 0 Å². The molecule has 0 aliphatic heterocycles. The number of carbonyl (C=O) groups is 2. The van der Waals surface area contributed by atoms with Crippen molar-refractivity contribution in [1.82, 2.24) is 14.5 Å². The molecule has 0 unspecified atom stereocenters. The van der Waals surface area contributed by atoms with E-state index in [4.69, 9.17) is 4.74 Å². The van der Waals surface area contributed by atoms with Crippen LogP contribution in [0.2, 0.25) is 0 Å². The van der Waals surface area contributed by atoms with Crippen molar-refractivity contribution in [1.29, 1.82) is 0 Å². The van der Waals surface area contributed by atoms with E-state index >= 15 is 0 Å². The Balaban J connectivity index is 3.06. The lowest BCUT2D eigenvalue weighted by Gasteiger charge is -2.15. The number of benzene rings is 1. The Morgan fingerprint density at radius 3 is 2.25 bits per heavy atom. The molecule has 0 aromatic heterocycles. The van der Waals surface area contributed by atoms with E-state index in [1.54, 1.807) is 28.2 Å². The van der Waals surface area contributed by atoms with Gasteiger partial charge in [-0.05, 0) is 18.2 Å². The van der Waals surface area contributed by atoms with E-state index in [0.717, 1.165) is 0 Å². The van der Waals surface area contributed by atoms with Gasteiger partial charge in [0, 0.05) is 46.7 Å². The number of hydrogen-bond acceptors (Lipinski definition) is 5. The number of ether oxygens (including phenoxy) is 1. The first-order chi connectivity index (χ1) is 11.1. The highest BCUT2D eigenvalue weighted by atomic mass is 32.2. The summed E-state index contributed by atoms with van der Waals surface area (Å²) >= 11 is 0. The molecule has 0 fully saturated rings. The Morgan fingerprint density at radius 2 is 1.75 bits per heavy atom. The van der Waals surface area contributed by atoms with Crippen molar-refractivity contribution in [2.75, 3.05) is 41.8 Å². The number of rotatable bonds is 7. The first-order valence-electron chi connectivity index (χ1n) is 7.19. The Kier molecular flexibility index (Phi) is 6.73. The van der Waals surface area contributed by atoms with E-state index in [1.165, 1.54) is 35.1 Å². The number of sulfonamides is 1. The van der Waals surface area contributed by atoms with Crippen molar-refractivity contribution in [3.8, 4) is 5.75 Å². The molecule has 0 aliphatic rings. The van der Waals surface area contributed by atoms with E-state index in [9.17, 15) is 18.0 Å². The van der Waals surface area contributed by atoms with Gasteiger partial charge in [0.2, 0.25) is 15.9 Å². The maximum Gasteiger partial charge on any atom is 0.253 e. The highest BCUT2D eigenvalue weighted by Gasteiger charge is 2.22. The van der Waals surface area contributed by atoms with Crippen LogP contribution in [0.15, 0.2) is 23.1 Å². The molecule has 2 amide bonds. The van der Waals surface area contributed by atoms with E-state index < -0.39 is 10.0 Å². The predicted octanol–water partition coefficient (Wildman–Crippen LogP) is 0.154. The maximum absolute atomic E-state index is 12.5. The van der Waals surface area contributed by atoms with Gasteiger partial charge in [0.05, 0.1) is 7.11 Å². The molecule has 0 bridgehead atoms. The van der Waals surface area contributed by atoms with Crippen molar-refractivity contribution in [2.24, 2.45) is 0 Å². The minimum atomic E-state index is -3.92. The van der Waals surface area contributed by atoms with E-state index in [1.807, 2.05) is 0 Å². The minimum absolute atomic E-state index is 0.0326. The fourth-order valence-electron chi connectivity index (χ4n) is 1.87. The lowest BCUT2D eigenvalue weighted by atomic mass is 10.2. The highest BCUT2D eigenvalue weighted by Crippen LogP contribution is 2.25. The number of carbonyl (C=O) groups excluding carboxylic acids is 2. The summed E-state index contributed by atoms with van der Waals surface area (Å²) in [6.45, 7) is -0.0473. The number of methoxy groups -OCH3 is 1. The predicted molar refractivity (Wildman–Crippen MR) is 89.5 cm³/mol. The Hall–Kier alpha value is -2.13. The molecule has 1 rings (SSSR count). The summed E-state index contributed by atoms with van der Waals surface area (Å²) < 4.78 is 32.4. The summed E-state index contributed by atoms with van der Waals surface area (Å²) in [5.41, 5.74) is 0.227. The van der Waals surface area contributed by atoms with Crippen LogP contribution < -0.4 is 9.46 Å². The van der Waals surface area contributed by atoms with E-state index in [2.05, 4.69) is 4.72 Å². The molecule has 1 N–H and O–H groups in total. The normalized spacial score (nSPS) is 11.0. The van der Waals surface area contributed by atoms with Crippen molar-refractivity contribution >= 4 is 21.8 Å². The van der Waals surface area contributed by atoms with Gasteiger partial charge in [-0.25, -0.2) is 13.1 Å². The molecule has 1 aromatic carbocycles. The van der Waals surface area contributed by atoms with Crippen LogP contribution in [0.5, 0.6) is 5.75 Å². The smallest absolute Gasteiger partial charge is 0.253 e. The summed E-state index contributed by atoms with van der Waals surface area (Å²) in [6, 6.07) is 4.18. The van der Waals surface area contributed by atoms with Crippen LogP contribution in [0, 0.1) is 0 Å². The van der Waals surface area contributed by atoms with Gasteiger partial charge in [-0.1, -0.05) is 0 Å². The molecule has 0 heterocycles. The Labute approximate surface area is 142 Å². The van der Waals surface area contributed by atoms with Crippen LogP contribution in [-0.4, -0.2) is 71.9 Å². The van der Waals surface area contributed by atoms with Gasteiger partial charge in [-0.15, -0.1) is 0 Å². The zero-order chi connectivity index (χ0) is 18.5. The third kappa shape index (κ3) is 4.93. The lowest BCUT2D eigenvalue weighted by Crippen LogP contribution is -2.30. The maximum atomic E-state index is 12.5. The molecule has 0 atom stereocenters. The van der Waals surface area contributed by atoms with Crippen LogP contribution >= 0.6 is 0 Å². The minimum Gasteiger partial charge on any atom is -0.495 e. The summed E-state index contributed by atoms with van der Waals surface area (Å²) in [5.74, 6) is -0.394. The topological polar surface area (TPSA) is 96.0 Å². The second-order valence-corrected chi connectivity index (χ2v) is 7.24. The number of nitrogens with zero attached hydrogens (tertiary/aromatic N) is 2. The van der Waals surface area contributed by atoms with Crippen molar-refractivity contribution in [2.45, 2.75) is 11.3 Å². The van der Waals surface area contributed by atoms with Crippen molar-refractivity contribution in [3.05, 3.63) is 23.8 Å². The lowest BCUT2D eigenvalue weighted by molar-refractivity contribution is -0.128. The summed E-state index contributed by atoms with van der Waals surface area (Å²) in [7, 11) is 3.76. The molecule has 0 aliphatic carbocycles. The third-order valence-corrected chi connectivity index (χ3v) is 4.72. The Bertz CT molecular complexity index is 714. The molecule has 24 heavy (non-hydrogen) atoms. The first kappa shape index (κ1) is 19.9. The molecule has 8 nitrogen and oxygen atoms in total. The molecular weight excluding hydrogens is 334 g/mol. The largest absolute Gasteiger partial charge is 0.495 e. The average Bonchev–Trinajstić information content (AvgIpc) is 2.52. The molecule has 0 saturated carbocycles. The fraction of sp³-hybridized carbons (Fsp3) is 0.467. The Morgan fingerprint density at radius 1 is 1.12 bits per heavy atom. The standard InChI is InChI=1S/C15H23N3O5S/c1-17(2)14(19)8-9-16-24(21,22)13-10-11(15(20)18(3)4)6-7-12(13)23-5/h6-7,10,16H,8-9H2,1-5H3. The van der Waals surface area contributed by atoms with Crippen LogP contribution in [0.4, 0.5) is 0 Å². The van der Waals surface area contributed by atoms with Crippen LogP contribution in [-0.2, 0) is 14.8 Å². The molecular formula is C15H23N3O5S. The number of hydrogen-bond donors (Lipinski definition) is 1. The molecule has 0 radical (unpaired) electrons. The quantitative estimate of drug-likeness (QED) is 0.750. The van der Waals surface area contributed by atoms with Gasteiger partial charge in [-0.3, -0.25) is 9.59 Å². The fourth-order valence-corrected chi connectivity index (χ4v) is 3.10. The zero-order valence-electron chi connectivity index (χ0n) is 14.5. The second kappa shape index (κ2) is 8.11. The van der Waals surface area contributed by atoms with E-state index in [0.29, 0.717) is 0 Å². The van der Waals surface area contributed by atoms with Gasteiger partial charge < -0.3 is 14.5 Å². The summed E-state index contributed by atoms with van der Waals surface area (Å²) in [6.07, 6.45) is 0.0326. The third-order valence-electron chi connectivity index (χ3n) is 3.24. The van der Waals surface area contributed by atoms with E-state index in [-0.39, 0.29) is 41.0 Å². The number of amides is 2. The number of nitrogens with one attached hydrogen (secondary N) is 1. The van der Waals surface area contributed by atoms with Crippen LogP contribution in [0.3, 0.4) is 0 Å². The molecule has 9 heteroatoms. The molecule has 134 valence electrons. The zero-order valence-corrected chi connectivity index (χ0v) is 15.3. The first-order valence-corrected chi connectivity index (χ1v) is 8.68. The molecule has 1 aromatic rings. The van der Waals surface area contributed by atoms with Gasteiger partial charge in [0.15, 0.2) is 0 Å². The SMILES string of the molecule is COc1ccc(C(=O)N(C)C)cc1S(=O)(=O)NCCC(=O)N(C)C. The highest BCUT2D eigenvalue weighted by molar-refractivity contribution is 7.89. The van der Waals surface area contributed by atoms with Gasteiger partial charge in [0.25, 0.3) is 5.91 Å². The second-order valence-electron chi connectivity index (χ2n) is 5.50. The van der Waals surface area contributed by atoms with Gasteiger partial charge in [-0.2, -0.15) is 0 Å². The molecule has 0 spiro atoms. The van der Waals surface area contributed by atoms with Crippen LogP contribution in [0.1, 0.15) is 16.8 Å². The average molecular weight is 357 g/mol. The van der Waals surface area contributed by atoms with Crippen molar-refractivity contribution in [3.63, 3.8) is 0 Å².